The van der Waals surface area contributed by atoms with Gasteiger partial charge in [-0.1, -0.05) is 35.0 Å². The fourth-order valence-corrected chi connectivity index (χ4v) is 3.41. The topological polar surface area (TPSA) is 87.5 Å². The molecule has 1 aliphatic rings. The molecule has 1 fully saturated rings. The second-order valence-electron chi connectivity index (χ2n) is 7.05. The number of aryl methyl sites for hydroxylation is 3. The molecule has 1 aromatic heterocycles. The normalized spacial score (nSPS) is 17.6. The molecule has 27 heavy (non-hydrogen) atoms. The van der Waals surface area contributed by atoms with Crippen molar-refractivity contribution < 1.29 is 14.1 Å². The minimum Gasteiger partial charge on any atom is -0.361 e. The first-order chi connectivity index (χ1) is 12.9. The molecule has 2 heterocycles. The van der Waals surface area contributed by atoms with Gasteiger partial charge in [0.25, 0.3) is 0 Å². The van der Waals surface area contributed by atoms with E-state index in [0.717, 1.165) is 23.4 Å². The standard InChI is InChI=1S/C20H26N4O3/c1-13-5-4-6-16(9-13)12-24-8-7-21-20(26)18(24)10-19(25)22-11-17-14(2)23-27-15(17)3/h4-6,9,18H,7-8,10-12H2,1-3H3,(H,21,26)(H,22,25). The van der Waals surface area contributed by atoms with Crippen molar-refractivity contribution in [3.63, 3.8) is 0 Å². The minimum atomic E-state index is -0.469. The molecule has 1 saturated heterocycles. The second-order valence-corrected chi connectivity index (χ2v) is 7.05. The Balaban J connectivity index is 1.62. The van der Waals surface area contributed by atoms with Crippen LogP contribution in [0.5, 0.6) is 0 Å². The maximum atomic E-state index is 12.5. The molecular formula is C20H26N4O3. The molecule has 2 N–H and O–H groups in total. The lowest BCUT2D eigenvalue weighted by Gasteiger charge is -2.34. The number of hydrogen-bond acceptors (Lipinski definition) is 5. The van der Waals surface area contributed by atoms with Crippen molar-refractivity contribution in [1.82, 2.24) is 20.7 Å². The van der Waals surface area contributed by atoms with Crippen LogP contribution >= 0.6 is 0 Å². The number of carbonyl (C=O) groups is 2. The Labute approximate surface area is 159 Å². The van der Waals surface area contributed by atoms with Crippen LogP contribution in [0.3, 0.4) is 0 Å². The number of nitrogens with one attached hydrogen (secondary N) is 2. The molecule has 0 radical (unpaired) electrons. The van der Waals surface area contributed by atoms with Gasteiger partial charge in [-0.3, -0.25) is 14.5 Å². The molecule has 1 aromatic carbocycles. The molecule has 0 bridgehead atoms. The first kappa shape index (κ1) is 19.1. The molecule has 7 heteroatoms. The number of rotatable bonds is 6. The van der Waals surface area contributed by atoms with Crippen molar-refractivity contribution >= 4 is 11.8 Å². The summed E-state index contributed by atoms with van der Waals surface area (Å²) in [6.07, 6.45) is 0.126. The number of amides is 2. The lowest BCUT2D eigenvalue weighted by Crippen LogP contribution is -2.56. The molecule has 1 unspecified atom stereocenters. The second kappa shape index (κ2) is 8.35. The van der Waals surface area contributed by atoms with Crippen molar-refractivity contribution in [2.24, 2.45) is 0 Å². The summed E-state index contributed by atoms with van der Waals surface area (Å²) < 4.78 is 5.11. The van der Waals surface area contributed by atoms with E-state index in [1.807, 2.05) is 39.0 Å². The van der Waals surface area contributed by atoms with Gasteiger partial charge in [0.05, 0.1) is 18.2 Å². The monoisotopic (exact) mass is 370 g/mol. The van der Waals surface area contributed by atoms with E-state index >= 15 is 0 Å². The Morgan fingerprint density at radius 3 is 2.89 bits per heavy atom. The van der Waals surface area contributed by atoms with E-state index < -0.39 is 6.04 Å². The Kier molecular flexibility index (Phi) is 5.91. The quantitative estimate of drug-likeness (QED) is 0.807. The predicted molar refractivity (Wildman–Crippen MR) is 101 cm³/mol. The third-order valence-electron chi connectivity index (χ3n) is 4.93. The van der Waals surface area contributed by atoms with Crippen LogP contribution < -0.4 is 10.6 Å². The lowest BCUT2D eigenvalue weighted by atomic mass is 10.1. The van der Waals surface area contributed by atoms with Crippen molar-refractivity contribution in [2.45, 2.75) is 46.3 Å². The maximum absolute atomic E-state index is 12.5. The predicted octanol–water partition coefficient (Wildman–Crippen LogP) is 1.61. The fourth-order valence-electron chi connectivity index (χ4n) is 3.41. The zero-order valence-corrected chi connectivity index (χ0v) is 16.0. The van der Waals surface area contributed by atoms with Gasteiger partial charge in [-0.25, -0.2) is 0 Å². The summed E-state index contributed by atoms with van der Waals surface area (Å²) in [5, 5.41) is 9.64. The number of piperazine rings is 1. The van der Waals surface area contributed by atoms with Crippen LogP contribution in [0.4, 0.5) is 0 Å². The van der Waals surface area contributed by atoms with Crippen LogP contribution in [0.15, 0.2) is 28.8 Å². The van der Waals surface area contributed by atoms with Crippen molar-refractivity contribution in [1.29, 1.82) is 0 Å². The largest absolute Gasteiger partial charge is 0.361 e. The number of benzene rings is 1. The van der Waals surface area contributed by atoms with E-state index in [4.69, 9.17) is 4.52 Å². The van der Waals surface area contributed by atoms with Crippen LogP contribution in [0.25, 0.3) is 0 Å². The highest BCUT2D eigenvalue weighted by molar-refractivity contribution is 5.88. The van der Waals surface area contributed by atoms with Gasteiger partial charge in [-0.05, 0) is 26.3 Å². The summed E-state index contributed by atoms with van der Waals surface area (Å²) in [6.45, 7) is 8.04. The first-order valence-electron chi connectivity index (χ1n) is 9.20. The summed E-state index contributed by atoms with van der Waals surface area (Å²) in [4.78, 5) is 26.9. The fraction of sp³-hybridized carbons (Fsp3) is 0.450. The zero-order chi connectivity index (χ0) is 19.4. The van der Waals surface area contributed by atoms with Crippen LogP contribution in [0.1, 0.15) is 34.6 Å². The van der Waals surface area contributed by atoms with Crippen LogP contribution in [0, 0.1) is 20.8 Å². The highest BCUT2D eigenvalue weighted by Crippen LogP contribution is 2.16. The molecule has 1 atom stereocenters. The average molecular weight is 370 g/mol. The van der Waals surface area contributed by atoms with E-state index in [1.165, 1.54) is 5.56 Å². The van der Waals surface area contributed by atoms with Gasteiger partial charge >= 0.3 is 0 Å². The Morgan fingerprint density at radius 2 is 2.19 bits per heavy atom. The van der Waals surface area contributed by atoms with E-state index in [1.54, 1.807) is 0 Å². The molecule has 0 aliphatic carbocycles. The summed E-state index contributed by atoms with van der Waals surface area (Å²) in [5.41, 5.74) is 3.98. The third kappa shape index (κ3) is 4.74. The van der Waals surface area contributed by atoms with Gasteiger partial charge in [0.15, 0.2) is 0 Å². The van der Waals surface area contributed by atoms with Crippen LogP contribution in [-0.2, 0) is 22.7 Å². The van der Waals surface area contributed by atoms with Gasteiger partial charge < -0.3 is 15.2 Å². The Bertz CT molecular complexity index is 811. The number of aromatic nitrogens is 1. The first-order valence-corrected chi connectivity index (χ1v) is 9.20. The van der Waals surface area contributed by atoms with Crippen molar-refractivity contribution in [2.75, 3.05) is 13.1 Å². The van der Waals surface area contributed by atoms with Gasteiger partial charge in [-0.2, -0.15) is 0 Å². The highest BCUT2D eigenvalue weighted by atomic mass is 16.5. The Hall–Kier alpha value is -2.67. The highest BCUT2D eigenvalue weighted by Gasteiger charge is 2.31. The van der Waals surface area contributed by atoms with E-state index in [-0.39, 0.29) is 18.2 Å². The van der Waals surface area contributed by atoms with Gasteiger partial charge in [0.1, 0.15) is 5.76 Å². The number of carbonyl (C=O) groups excluding carboxylic acids is 2. The van der Waals surface area contributed by atoms with E-state index in [0.29, 0.717) is 25.4 Å². The lowest BCUT2D eigenvalue weighted by molar-refractivity contribution is -0.134. The molecule has 0 spiro atoms. The SMILES string of the molecule is Cc1cccc(CN2CCNC(=O)C2CC(=O)NCc2c(C)noc2C)c1. The minimum absolute atomic E-state index is 0.0959. The smallest absolute Gasteiger partial charge is 0.237 e. The average Bonchev–Trinajstić information content (AvgIpc) is 2.94. The van der Waals surface area contributed by atoms with Crippen LogP contribution in [0.2, 0.25) is 0 Å². The molecule has 144 valence electrons. The van der Waals surface area contributed by atoms with Crippen molar-refractivity contribution in [3.8, 4) is 0 Å². The van der Waals surface area contributed by atoms with E-state index in [9.17, 15) is 9.59 Å². The molecule has 7 nitrogen and oxygen atoms in total. The van der Waals surface area contributed by atoms with Crippen molar-refractivity contribution in [3.05, 3.63) is 52.4 Å². The summed E-state index contributed by atoms with van der Waals surface area (Å²) in [5.74, 6) is 0.442. The third-order valence-corrected chi connectivity index (χ3v) is 4.93. The number of hydrogen-bond donors (Lipinski definition) is 2. The van der Waals surface area contributed by atoms with Gasteiger partial charge in [0, 0.05) is 31.7 Å². The maximum Gasteiger partial charge on any atom is 0.237 e. The molecule has 1 aliphatic heterocycles. The van der Waals surface area contributed by atoms with E-state index in [2.05, 4.69) is 26.8 Å². The summed E-state index contributed by atoms with van der Waals surface area (Å²) in [6, 6.07) is 7.75. The molecule has 2 amide bonds. The molecular weight excluding hydrogens is 344 g/mol. The number of nitrogens with zero attached hydrogens (tertiary/aromatic N) is 2. The molecule has 0 saturated carbocycles. The summed E-state index contributed by atoms with van der Waals surface area (Å²) in [7, 11) is 0. The zero-order valence-electron chi connectivity index (χ0n) is 16.0. The van der Waals surface area contributed by atoms with Gasteiger partial charge in [0.2, 0.25) is 11.8 Å². The molecule has 3 rings (SSSR count). The molecule has 2 aromatic rings. The van der Waals surface area contributed by atoms with Crippen LogP contribution in [-0.4, -0.2) is 41.0 Å². The Morgan fingerprint density at radius 1 is 1.37 bits per heavy atom. The van der Waals surface area contributed by atoms with Gasteiger partial charge in [-0.15, -0.1) is 0 Å². The summed E-state index contributed by atoms with van der Waals surface area (Å²) >= 11 is 0.